The largest absolute Gasteiger partial charge is 0.508 e. The molecular weight excluding hydrogens is 318 g/mol. The Labute approximate surface area is 145 Å². The first-order valence-corrected chi connectivity index (χ1v) is 7.61. The van der Waals surface area contributed by atoms with E-state index in [1.165, 1.54) is 12.1 Å². The minimum atomic E-state index is -0.394. The number of phenols is 1. The van der Waals surface area contributed by atoms with Crippen molar-refractivity contribution in [1.29, 1.82) is 0 Å². The standard InChI is InChI=1S/C19H17N3O3/c1-25-18-9-7-15(8-10-18)22-11-3-5-16(22)13-20-21-19(24)14-4-2-6-17(23)12-14/h2-13,23H,1H3,(H,21,24). The van der Waals surface area contributed by atoms with Gasteiger partial charge in [-0.3, -0.25) is 4.79 Å². The van der Waals surface area contributed by atoms with Crippen molar-refractivity contribution in [3.8, 4) is 17.2 Å². The number of methoxy groups -OCH3 is 1. The van der Waals surface area contributed by atoms with Gasteiger partial charge in [-0.1, -0.05) is 6.07 Å². The van der Waals surface area contributed by atoms with Gasteiger partial charge in [0, 0.05) is 17.4 Å². The second-order valence-corrected chi connectivity index (χ2v) is 5.25. The van der Waals surface area contributed by atoms with Crippen molar-refractivity contribution < 1.29 is 14.6 Å². The molecule has 6 nitrogen and oxygen atoms in total. The fraction of sp³-hybridized carbons (Fsp3) is 0.0526. The Bertz CT molecular complexity index is 898. The van der Waals surface area contributed by atoms with Crippen LogP contribution in [0.2, 0.25) is 0 Å². The summed E-state index contributed by atoms with van der Waals surface area (Å²) in [4.78, 5) is 12.0. The highest BCUT2D eigenvalue weighted by Crippen LogP contribution is 2.16. The van der Waals surface area contributed by atoms with E-state index in [2.05, 4.69) is 10.5 Å². The van der Waals surface area contributed by atoms with Crippen molar-refractivity contribution in [1.82, 2.24) is 9.99 Å². The SMILES string of the molecule is COc1ccc(-n2cccc2C=NNC(=O)c2cccc(O)c2)cc1. The number of amides is 1. The lowest BCUT2D eigenvalue weighted by Crippen LogP contribution is -2.17. The summed E-state index contributed by atoms with van der Waals surface area (Å²) in [5.41, 5.74) is 4.54. The first-order chi connectivity index (χ1) is 12.2. The zero-order valence-corrected chi connectivity index (χ0v) is 13.6. The highest BCUT2D eigenvalue weighted by atomic mass is 16.5. The summed E-state index contributed by atoms with van der Waals surface area (Å²) < 4.78 is 7.09. The molecule has 2 N–H and O–H groups in total. The molecule has 0 unspecified atom stereocenters. The molecule has 0 saturated heterocycles. The summed E-state index contributed by atoms with van der Waals surface area (Å²) in [6, 6.07) is 17.5. The topological polar surface area (TPSA) is 75.8 Å². The third kappa shape index (κ3) is 3.87. The Morgan fingerprint density at radius 2 is 1.96 bits per heavy atom. The Balaban J connectivity index is 1.72. The number of nitrogens with zero attached hydrogens (tertiary/aromatic N) is 2. The van der Waals surface area contributed by atoms with E-state index >= 15 is 0 Å². The molecule has 1 amide bonds. The molecule has 0 bridgehead atoms. The molecule has 6 heteroatoms. The van der Waals surface area contributed by atoms with Crippen LogP contribution in [-0.4, -0.2) is 28.9 Å². The summed E-state index contributed by atoms with van der Waals surface area (Å²) in [6.45, 7) is 0. The lowest BCUT2D eigenvalue weighted by atomic mass is 10.2. The summed E-state index contributed by atoms with van der Waals surface area (Å²) in [5, 5.41) is 13.4. The molecule has 0 aliphatic heterocycles. The summed E-state index contributed by atoms with van der Waals surface area (Å²) in [7, 11) is 1.62. The van der Waals surface area contributed by atoms with Crippen LogP contribution in [0.3, 0.4) is 0 Å². The third-order valence-corrected chi connectivity index (χ3v) is 3.60. The summed E-state index contributed by atoms with van der Waals surface area (Å²) in [5.74, 6) is 0.421. The van der Waals surface area contributed by atoms with Gasteiger partial charge in [-0.05, 0) is 54.6 Å². The minimum absolute atomic E-state index is 0.0324. The van der Waals surface area contributed by atoms with Gasteiger partial charge in [-0.2, -0.15) is 5.10 Å². The molecule has 2 aromatic carbocycles. The van der Waals surface area contributed by atoms with E-state index in [1.807, 2.05) is 47.2 Å². The van der Waals surface area contributed by atoms with Crippen molar-refractivity contribution in [2.45, 2.75) is 0 Å². The molecular formula is C19H17N3O3. The van der Waals surface area contributed by atoms with E-state index in [1.54, 1.807) is 25.5 Å². The number of hydrogen-bond acceptors (Lipinski definition) is 4. The molecule has 0 atom stereocenters. The number of carbonyl (C=O) groups is 1. The van der Waals surface area contributed by atoms with E-state index in [9.17, 15) is 9.90 Å². The number of aromatic hydroxyl groups is 1. The Morgan fingerprint density at radius 1 is 1.16 bits per heavy atom. The zero-order valence-electron chi connectivity index (χ0n) is 13.6. The van der Waals surface area contributed by atoms with Crippen molar-refractivity contribution in [3.05, 3.63) is 78.1 Å². The third-order valence-electron chi connectivity index (χ3n) is 3.60. The Hall–Kier alpha value is -3.54. The Kier molecular flexibility index (Phi) is 4.80. The average Bonchev–Trinajstić information content (AvgIpc) is 3.10. The lowest BCUT2D eigenvalue weighted by Gasteiger charge is -2.07. The number of aromatic nitrogens is 1. The molecule has 25 heavy (non-hydrogen) atoms. The number of carbonyl (C=O) groups excluding carboxylic acids is 1. The molecule has 0 aliphatic rings. The molecule has 1 heterocycles. The van der Waals surface area contributed by atoms with Crippen molar-refractivity contribution in [2.24, 2.45) is 5.10 Å². The molecule has 0 aliphatic carbocycles. The number of nitrogens with one attached hydrogen (secondary N) is 1. The summed E-state index contributed by atoms with van der Waals surface area (Å²) >= 11 is 0. The second-order valence-electron chi connectivity index (χ2n) is 5.25. The van der Waals surface area contributed by atoms with E-state index in [-0.39, 0.29) is 5.75 Å². The van der Waals surface area contributed by atoms with Gasteiger partial charge in [-0.15, -0.1) is 0 Å². The minimum Gasteiger partial charge on any atom is -0.508 e. The van der Waals surface area contributed by atoms with Crippen LogP contribution in [0, 0.1) is 0 Å². The van der Waals surface area contributed by atoms with Crippen LogP contribution in [0.4, 0.5) is 0 Å². The van der Waals surface area contributed by atoms with Crippen LogP contribution in [0.15, 0.2) is 72.0 Å². The first-order valence-electron chi connectivity index (χ1n) is 7.61. The van der Waals surface area contributed by atoms with Crippen LogP contribution in [0.5, 0.6) is 11.5 Å². The molecule has 3 aromatic rings. The van der Waals surface area contributed by atoms with Crippen LogP contribution < -0.4 is 10.2 Å². The van der Waals surface area contributed by atoms with Crippen LogP contribution in [0.25, 0.3) is 5.69 Å². The number of ether oxygens (including phenoxy) is 1. The maximum atomic E-state index is 12.0. The first kappa shape index (κ1) is 16.3. The average molecular weight is 335 g/mol. The van der Waals surface area contributed by atoms with E-state index in [0.717, 1.165) is 17.1 Å². The van der Waals surface area contributed by atoms with Gasteiger partial charge in [0.25, 0.3) is 5.91 Å². The molecule has 3 rings (SSSR count). The van der Waals surface area contributed by atoms with Gasteiger partial charge in [0.2, 0.25) is 0 Å². The summed E-state index contributed by atoms with van der Waals surface area (Å²) in [6.07, 6.45) is 3.46. The molecule has 0 saturated carbocycles. The molecule has 0 fully saturated rings. The number of benzene rings is 2. The number of phenolic OH excluding ortho intramolecular Hbond substituents is 1. The second kappa shape index (κ2) is 7.35. The lowest BCUT2D eigenvalue weighted by molar-refractivity contribution is 0.0954. The van der Waals surface area contributed by atoms with Gasteiger partial charge in [0.1, 0.15) is 11.5 Å². The van der Waals surface area contributed by atoms with Gasteiger partial charge in [0.15, 0.2) is 0 Å². The number of rotatable bonds is 5. The zero-order chi connectivity index (χ0) is 17.6. The smallest absolute Gasteiger partial charge is 0.271 e. The fourth-order valence-electron chi connectivity index (χ4n) is 2.35. The van der Waals surface area contributed by atoms with E-state index < -0.39 is 5.91 Å². The van der Waals surface area contributed by atoms with E-state index in [4.69, 9.17) is 4.74 Å². The van der Waals surface area contributed by atoms with Crippen LogP contribution >= 0.6 is 0 Å². The highest BCUT2D eigenvalue weighted by molar-refractivity contribution is 5.95. The van der Waals surface area contributed by atoms with Gasteiger partial charge < -0.3 is 14.4 Å². The van der Waals surface area contributed by atoms with Crippen molar-refractivity contribution in [3.63, 3.8) is 0 Å². The normalized spacial score (nSPS) is 10.8. The molecule has 1 aromatic heterocycles. The van der Waals surface area contributed by atoms with Gasteiger partial charge >= 0.3 is 0 Å². The predicted molar refractivity (Wildman–Crippen MR) is 95.5 cm³/mol. The van der Waals surface area contributed by atoms with Gasteiger partial charge in [-0.25, -0.2) is 5.43 Å². The highest BCUT2D eigenvalue weighted by Gasteiger charge is 2.05. The van der Waals surface area contributed by atoms with Gasteiger partial charge in [0.05, 0.1) is 19.0 Å². The van der Waals surface area contributed by atoms with Crippen LogP contribution in [-0.2, 0) is 0 Å². The van der Waals surface area contributed by atoms with E-state index in [0.29, 0.717) is 5.56 Å². The number of hydrazone groups is 1. The molecule has 0 radical (unpaired) electrons. The predicted octanol–water partition coefficient (Wildman–Crippen LogP) is 2.96. The molecule has 126 valence electrons. The number of hydrogen-bond donors (Lipinski definition) is 2. The van der Waals surface area contributed by atoms with Crippen LogP contribution in [0.1, 0.15) is 16.1 Å². The fourth-order valence-corrected chi connectivity index (χ4v) is 2.35. The molecule has 0 spiro atoms. The van der Waals surface area contributed by atoms with Crippen molar-refractivity contribution in [2.75, 3.05) is 7.11 Å². The van der Waals surface area contributed by atoms with Crippen molar-refractivity contribution >= 4 is 12.1 Å². The maximum absolute atomic E-state index is 12.0. The maximum Gasteiger partial charge on any atom is 0.271 e. The Morgan fingerprint density at radius 3 is 2.68 bits per heavy atom. The monoisotopic (exact) mass is 335 g/mol. The quantitative estimate of drug-likeness (QED) is 0.556.